The Balaban J connectivity index is 0.000000586. The minimum Gasteiger partial charge on any atom is -0.502 e. The van der Waals surface area contributed by atoms with E-state index < -0.39 is 11.9 Å². The number of carboxylic acids is 1. The number of hydrogen-bond acceptors (Lipinski definition) is 2. The summed E-state index contributed by atoms with van der Waals surface area (Å²) < 4.78 is 19.0. The number of halogens is 1. The summed E-state index contributed by atoms with van der Waals surface area (Å²) in [5.74, 6) is -0.334. The highest BCUT2D eigenvalue weighted by Gasteiger charge is 2.28. The van der Waals surface area contributed by atoms with Gasteiger partial charge in [0, 0.05) is 12.3 Å². The molecule has 3 unspecified atom stereocenters. The first kappa shape index (κ1) is 30.2. The van der Waals surface area contributed by atoms with E-state index in [-0.39, 0.29) is 17.7 Å². The van der Waals surface area contributed by atoms with Gasteiger partial charge in [-0.15, -0.1) is 0 Å². The van der Waals surface area contributed by atoms with Crippen LogP contribution in [0.25, 0.3) is 6.08 Å². The number of carboxylic acid groups (broad SMARTS) is 1. The highest BCUT2D eigenvalue weighted by molar-refractivity contribution is 5.73. The topological polar surface area (TPSA) is 46.5 Å². The van der Waals surface area contributed by atoms with Gasteiger partial charge in [-0.3, -0.25) is 4.79 Å². The Hall–Kier alpha value is -2.88. The van der Waals surface area contributed by atoms with Gasteiger partial charge in [-0.25, -0.2) is 4.39 Å². The highest BCUT2D eigenvalue weighted by atomic mass is 19.1. The lowest BCUT2D eigenvalue weighted by Crippen LogP contribution is -2.18. The highest BCUT2D eigenvalue weighted by Crippen LogP contribution is 2.41. The molecule has 1 aromatic carbocycles. The van der Waals surface area contributed by atoms with Crippen molar-refractivity contribution in [1.29, 1.82) is 0 Å². The quantitative estimate of drug-likeness (QED) is 0.312. The average molecular weight is 483 g/mol. The molecule has 0 aromatic heterocycles. The second-order valence-electron chi connectivity index (χ2n) is 9.13. The Kier molecular flexibility index (Phi) is 13.1. The molecule has 0 spiro atoms. The van der Waals surface area contributed by atoms with Gasteiger partial charge >= 0.3 is 5.97 Å². The van der Waals surface area contributed by atoms with Gasteiger partial charge < -0.3 is 9.84 Å². The number of carbonyl (C=O) groups is 1. The van der Waals surface area contributed by atoms with E-state index in [1.165, 1.54) is 6.42 Å². The molecule has 0 aliphatic heterocycles. The van der Waals surface area contributed by atoms with Crippen LogP contribution in [-0.2, 0) is 16.0 Å². The summed E-state index contributed by atoms with van der Waals surface area (Å²) in [6.45, 7) is 18.2. The third kappa shape index (κ3) is 8.69. The van der Waals surface area contributed by atoms with E-state index in [4.69, 9.17) is 9.84 Å². The minimum absolute atomic E-state index is 0.0596. The van der Waals surface area contributed by atoms with Crippen molar-refractivity contribution in [2.45, 2.75) is 72.6 Å². The predicted octanol–water partition coefficient (Wildman–Crippen LogP) is 8.64. The average Bonchev–Trinajstić information content (AvgIpc) is 2.86. The van der Waals surface area contributed by atoms with Crippen LogP contribution in [0.1, 0.15) is 82.9 Å². The Bertz CT molecular complexity index is 962. The molecule has 0 saturated heterocycles. The molecule has 3 rings (SSSR count). The van der Waals surface area contributed by atoms with Gasteiger partial charge in [0.1, 0.15) is 5.82 Å². The SMILES string of the molecule is C=C(C)C(c1ccc(F)c2c1C=CCC2)C(C)C1=CCC(C(=O)O)C=C1.C=C(CC)OC.CCC. The molecule has 3 nitrogen and oxygen atoms in total. The molecular weight excluding hydrogens is 439 g/mol. The van der Waals surface area contributed by atoms with Gasteiger partial charge in [-0.2, -0.15) is 0 Å². The van der Waals surface area contributed by atoms with Crippen LogP contribution in [0.15, 0.2) is 66.5 Å². The number of ether oxygens (including phenoxy) is 1. The van der Waals surface area contributed by atoms with Gasteiger partial charge in [-0.05, 0) is 60.4 Å². The minimum atomic E-state index is -0.793. The summed E-state index contributed by atoms with van der Waals surface area (Å²) in [7, 11) is 1.63. The smallest absolute Gasteiger partial charge is 0.310 e. The molecule has 1 aromatic rings. The maximum Gasteiger partial charge on any atom is 0.310 e. The molecule has 35 heavy (non-hydrogen) atoms. The zero-order chi connectivity index (χ0) is 26.5. The maximum atomic E-state index is 14.3. The van der Waals surface area contributed by atoms with Gasteiger partial charge in [0.25, 0.3) is 0 Å². The fraction of sp³-hybridized carbons (Fsp3) is 0.452. The van der Waals surface area contributed by atoms with E-state index in [0.717, 1.165) is 52.9 Å². The van der Waals surface area contributed by atoms with Crippen LogP contribution in [0.2, 0.25) is 0 Å². The predicted molar refractivity (Wildman–Crippen MR) is 146 cm³/mol. The Morgan fingerprint density at radius 3 is 2.34 bits per heavy atom. The van der Waals surface area contributed by atoms with Gasteiger partial charge in [0.15, 0.2) is 0 Å². The van der Waals surface area contributed by atoms with Crippen molar-refractivity contribution < 1.29 is 19.0 Å². The number of fused-ring (bicyclic) bond motifs is 1. The molecule has 192 valence electrons. The van der Waals surface area contributed by atoms with Crippen LogP contribution in [0.3, 0.4) is 0 Å². The number of rotatable bonds is 7. The van der Waals surface area contributed by atoms with E-state index in [1.54, 1.807) is 19.3 Å². The number of benzene rings is 1. The van der Waals surface area contributed by atoms with E-state index in [0.29, 0.717) is 6.42 Å². The lowest BCUT2D eigenvalue weighted by molar-refractivity contribution is -0.139. The standard InChI is InChI=1S/C23H25FO2.C5H10O.C3H8/c1-14(2)22(15(3)16-8-10-17(11-9-16)23(25)26)20-12-13-21(24)19-7-5-4-6-18(19)20;1-4-5(2)6-3;1-3-2/h4,6,8-10,12-13,15,17,22H,1,5,7,11H2,2-3H3,(H,25,26);2,4H2,1,3H3;3H2,1-2H3. The number of aliphatic carboxylic acids is 1. The zero-order valence-electron chi connectivity index (χ0n) is 22.4. The van der Waals surface area contributed by atoms with E-state index in [1.807, 2.05) is 38.1 Å². The summed E-state index contributed by atoms with van der Waals surface area (Å²) in [6.07, 6.45) is 14.1. The molecule has 0 saturated carbocycles. The molecule has 0 bridgehead atoms. The molecule has 0 fully saturated rings. The van der Waals surface area contributed by atoms with E-state index in [9.17, 15) is 9.18 Å². The van der Waals surface area contributed by atoms with Crippen molar-refractivity contribution in [3.05, 3.63) is 89.0 Å². The third-order valence-corrected chi connectivity index (χ3v) is 6.20. The molecule has 0 heterocycles. The van der Waals surface area contributed by atoms with Crippen molar-refractivity contribution in [2.24, 2.45) is 11.8 Å². The van der Waals surface area contributed by atoms with Crippen molar-refractivity contribution in [3.8, 4) is 0 Å². The lowest BCUT2D eigenvalue weighted by atomic mass is 9.74. The first-order valence-electron chi connectivity index (χ1n) is 12.6. The zero-order valence-corrected chi connectivity index (χ0v) is 22.4. The van der Waals surface area contributed by atoms with Crippen molar-refractivity contribution >= 4 is 12.0 Å². The van der Waals surface area contributed by atoms with Crippen molar-refractivity contribution in [2.75, 3.05) is 7.11 Å². The van der Waals surface area contributed by atoms with Crippen molar-refractivity contribution in [1.82, 2.24) is 0 Å². The molecule has 4 heteroatoms. The summed E-state index contributed by atoms with van der Waals surface area (Å²) in [6, 6.07) is 3.45. The maximum absolute atomic E-state index is 14.3. The van der Waals surface area contributed by atoms with Crippen molar-refractivity contribution in [3.63, 3.8) is 0 Å². The molecular formula is C31H43FO3. The molecule has 0 amide bonds. The third-order valence-electron chi connectivity index (χ3n) is 6.20. The Morgan fingerprint density at radius 1 is 1.23 bits per heavy atom. The van der Waals surface area contributed by atoms with Crippen LogP contribution < -0.4 is 0 Å². The normalized spacial score (nSPS) is 17.3. The largest absolute Gasteiger partial charge is 0.502 e. The second-order valence-corrected chi connectivity index (χ2v) is 9.13. The summed E-state index contributed by atoms with van der Waals surface area (Å²) in [4.78, 5) is 11.1. The van der Waals surface area contributed by atoms with E-state index in [2.05, 4.69) is 40.0 Å². The van der Waals surface area contributed by atoms with E-state index >= 15 is 0 Å². The molecule has 3 atom stereocenters. The monoisotopic (exact) mass is 482 g/mol. The molecule has 0 radical (unpaired) electrons. The molecule has 1 N–H and O–H groups in total. The first-order valence-corrected chi connectivity index (χ1v) is 12.6. The summed E-state index contributed by atoms with van der Waals surface area (Å²) in [5, 5.41) is 9.16. The van der Waals surface area contributed by atoms with Crippen LogP contribution in [0, 0.1) is 17.7 Å². The van der Waals surface area contributed by atoms with Gasteiger partial charge in [0.05, 0.1) is 18.8 Å². The van der Waals surface area contributed by atoms with Gasteiger partial charge in [0.2, 0.25) is 0 Å². The van der Waals surface area contributed by atoms with Crippen LogP contribution in [0.4, 0.5) is 4.39 Å². The second kappa shape index (κ2) is 15.2. The fourth-order valence-electron chi connectivity index (χ4n) is 4.26. The van der Waals surface area contributed by atoms with Crippen LogP contribution >= 0.6 is 0 Å². The summed E-state index contributed by atoms with van der Waals surface area (Å²) in [5.41, 5.74) is 5.03. The van der Waals surface area contributed by atoms with Crippen LogP contribution in [-0.4, -0.2) is 18.2 Å². The summed E-state index contributed by atoms with van der Waals surface area (Å²) >= 11 is 0. The van der Waals surface area contributed by atoms with Crippen LogP contribution in [0.5, 0.6) is 0 Å². The number of hydrogen-bond donors (Lipinski definition) is 1. The fourth-order valence-corrected chi connectivity index (χ4v) is 4.26. The number of allylic oxidation sites excluding steroid dienone is 6. The lowest BCUT2D eigenvalue weighted by Gasteiger charge is -2.30. The number of methoxy groups -OCH3 is 1. The Morgan fingerprint density at radius 2 is 1.89 bits per heavy atom. The van der Waals surface area contributed by atoms with Gasteiger partial charge in [-0.1, -0.05) is 89.3 Å². The molecule has 2 aliphatic rings. The molecule has 2 aliphatic carbocycles. The first-order chi connectivity index (χ1) is 16.6. The Labute approximate surface area is 211 Å².